The molecule has 0 saturated heterocycles. The zero-order chi connectivity index (χ0) is 12.1. The highest BCUT2D eigenvalue weighted by atomic mass is 19.2. The molecule has 1 aromatic rings. The van der Waals surface area contributed by atoms with Gasteiger partial charge in [0.15, 0.2) is 11.6 Å². The minimum Gasteiger partial charge on any atom is -0.481 e. The maximum Gasteiger partial charge on any atom is 0.310 e. The van der Waals surface area contributed by atoms with Crippen LogP contribution in [0.1, 0.15) is 37.7 Å². The quantitative estimate of drug-likeness (QED) is 0.839. The largest absolute Gasteiger partial charge is 0.481 e. The second kappa shape index (κ2) is 5.58. The molecule has 0 heterocycles. The van der Waals surface area contributed by atoms with Gasteiger partial charge < -0.3 is 5.11 Å². The molecule has 1 aromatic carbocycles. The van der Waals surface area contributed by atoms with Crippen LogP contribution < -0.4 is 0 Å². The highest BCUT2D eigenvalue weighted by Gasteiger charge is 2.20. The van der Waals surface area contributed by atoms with E-state index >= 15 is 0 Å². The first-order valence-electron chi connectivity index (χ1n) is 5.24. The molecule has 0 radical (unpaired) electrons. The Morgan fingerprint density at radius 3 is 2.56 bits per heavy atom. The lowest BCUT2D eigenvalue weighted by Crippen LogP contribution is -2.12. The van der Waals surface area contributed by atoms with Gasteiger partial charge in [-0.3, -0.25) is 4.79 Å². The van der Waals surface area contributed by atoms with E-state index in [0.717, 1.165) is 25.0 Å². The zero-order valence-electron chi connectivity index (χ0n) is 9.04. The van der Waals surface area contributed by atoms with Crippen molar-refractivity contribution in [1.29, 1.82) is 0 Å². The van der Waals surface area contributed by atoms with E-state index < -0.39 is 23.5 Å². The molecular formula is C12H14F2O2. The second-order valence-electron chi connectivity index (χ2n) is 3.71. The first-order chi connectivity index (χ1) is 7.56. The van der Waals surface area contributed by atoms with E-state index in [-0.39, 0.29) is 0 Å². The number of hydrogen-bond acceptors (Lipinski definition) is 1. The Balaban J connectivity index is 2.92. The predicted octanol–water partition coefficient (Wildman–Crippen LogP) is 3.32. The average molecular weight is 228 g/mol. The fraction of sp³-hybridized carbons (Fsp3) is 0.417. The number of unbranched alkanes of at least 4 members (excludes halogenated alkanes) is 1. The summed E-state index contributed by atoms with van der Waals surface area (Å²) in [6, 6.07) is 3.25. The van der Waals surface area contributed by atoms with Crippen molar-refractivity contribution in [3.8, 4) is 0 Å². The minimum atomic E-state index is -1.00. The molecule has 0 aliphatic carbocycles. The molecule has 2 nitrogen and oxygen atoms in total. The van der Waals surface area contributed by atoms with Gasteiger partial charge in [0.05, 0.1) is 5.92 Å². The van der Waals surface area contributed by atoms with Crippen LogP contribution in [0.4, 0.5) is 8.78 Å². The van der Waals surface area contributed by atoms with Crippen LogP contribution in [0.3, 0.4) is 0 Å². The monoisotopic (exact) mass is 228 g/mol. The maximum atomic E-state index is 13.0. The smallest absolute Gasteiger partial charge is 0.310 e. The van der Waals surface area contributed by atoms with E-state index in [9.17, 15) is 13.6 Å². The van der Waals surface area contributed by atoms with Crippen molar-refractivity contribution in [2.24, 2.45) is 0 Å². The lowest BCUT2D eigenvalue weighted by Gasteiger charge is -2.12. The highest BCUT2D eigenvalue weighted by Crippen LogP contribution is 2.24. The molecule has 1 N–H and O–H groups in total. The van der Waals surface area contributed by atoms with Gasteiger partial charge in [-0.15, -0.1) is 0 Å². The van der Waals surface area contributed by atoms with Gasteiger partial charge >= 0.3 is 5.97 Å². The van der Waals surface area contributed by atoms with Crippen molar-refractivity contribution in [2.75, 3.05) is 0 Å². The first kappa shape index (κ1) is 12.6. The summed E-state index contributed by atoms with van der Waals surface area (Å²) in [6.45, 7) is 1.95. The van der Waals surface area contributed by atoms with E-state index in [1.165, 1.54) is 6.07 Å². The Labute approximate surface area is 92.9 Å². The van der Waals surface area contributed by atoms with Crippen molar-refractivity contribution in [3.05, 3.63) is 35.4 Å². The molecule has 0 spiro atoms. The number of hydrogen-bond donors (Lipinski definition) is 1. The third kappa shape index (κ3) is 3.02. The van der Waals surface area contributed by atoms with Gasteiger partial charge in [-0.25, -0.2) is 8.78 Å². The highest BCUT2D eigenvalue weighted by molar-refractivity contribution is 5.76. The van der Waals surface area contributed by atoms with Crippen LogP contribution in [0, 0.1) is 11.6 Å². The Morgan fingerprint density at radius 2 is 2.06 bits per heavy atom. The van der Waals surface area contributed by atoms with Crippen molar-refractivity contribution < 1.29 is 18.7 Å². The average Bonchev–Trinajstić information content (AvgIpc) is 2.23. The van der Waals surface area contributed by atoms with Crippen molar-refractivity contribution in [2.45, 2.75) is 32.1 Å². The number of aliphatic carboxylic acids is 1. The summed E-state index contributed by atoms with van der Waals surface area (Å²) in [5.41, 5.74) is 0.319. The summed E-state index contributed by atoms with van der Waals surface area (Å²) in [5.74, 6) is -3.71. The number of halogens is 2. The van der Waals surface area contributed by atoms with E-state index in [0.29, 0.717) is 12.0 Å². The van der Waals surface area contributed by atoms with Crippen molar-refractivity contribution in [1.82, 2.24) is 0 Å². The van der Waals surface area contributed by atoms with Gasteiger partial charge in [0.1, 0.15) is 0 Å². The Bertz CT molecular complexity index is 377. The standard InChI is InChI=1S/C12H14F2O2/c1-2-3-4-9(12(15)16)8-5-6-10(13)11(14)7-8/h5-7,9H,2-4H2,1H3,(H,15,16). The third-order valence-corrected chi connectivity index (χ3v) is 2.49. The predicted molar refractivity (Wildman–Crippen MR) is 56.3 cm³/mol. The van der Waals surface area contributed by atoms with Gasteiger partial charge in [-0.05, 0) is 24.1 Å². The molecule has 0 bridgehead atoms. The van der Waals surface area contributed by atoms with Crippen LogP contribution in [0.15, 0.2) is 18.2 Å². The normalized spacial score (nSPS) is 12.4. The molecule has 1 unspecified atom stereocenters. The topological polar surface area (TPSA) is 37.3 Å². The molecule has 0 aliphatic heterocycles. The molecule has 0 fully saturated rings. The number of carbonyl (C=O) groups is 1. The summed E-state index contributed by atoms with van der Waals surface area (Å²) in [6.07, 6.45) is 2.06. The Morgan fingerprint density at radius 1 is 1.38 bits per heavy atom. The third-order valence-electron chi connectivity index (χ3n) is 2.49. The van der Waals surface area contributed by atoms with Crippen LogP contribution in [0.25, 0.3) is 0 Å². The van der Waals surface area contributed by atoms with E-state index in [2.05, 4.69) is 0 Å². The minimum absolute atomic E-state index is 0.319. The fourth-order valence-electron chi connectivity index (χ4n) is 1.57. The van der Waals surface area contributed by atoms with Crippen LogP contribution in [0.2, 0.25) is 0 Å². The van der Waals surface area contributed by atoms with E-state index in [1.807, 2.05) is 6.92 Å². The molecule has 4 heteroatoms. The summed E-state index contributed by atoms with van der Waals surface area (Å²) in [4.78, 5) is 11.0. The van der Waals surface area contributed by atoms with Crippen LogP contribution >= 0.6 is 0 Å². The van der Waals surface area contributed by atoms with Gasteiger partial charge in [-0.2, -0.15) is 0 Å². The van der Waals surface area contributed by atoms with Gasteiger partial charge in [-0.1, -0.05) is 25.8 Å². The van der Waals surface area contributed by atoms with Gasteiger partial charge in [0.25, 0.3) is 0 Å². The number of rotatable bonds is 5. The van der Waals surface area contributed by atoms with Crippen LogP contribution in [-0.2, 0) is 4.79 Å². The zero-order valence-corrected chi connectivity index (χ0v) is 9.04. The molecule has 0 aliphatic rings. The maximum absolute atomic E-state index is 13.0. The summed E-state index contributed by atoms with van der Waals surface area (Å²) in [5, 5.41) is 9.00. The summed E-state index contributed by atoms with van der Waals surface area (Å²) >= 11 is 0. The van der Waals surface area contributed by atoms with Gasteiger partial charge in [0, 0.05) is 0 Å². The molecule has 0 aromatic heterocycles. The second-order valence-corrected chi connectivity index (χ2v) is 3.71. The summed E-state index contributed by atoms with van der Waals surface area (Å²) in [7, 11) is 0. The number of carboxylic acid groups (broad SMARTS) is 1. The molecular weight excluding hydrogens is 214 g/mol. The first-order valence-corrected chi connectivity index (χ1v) is 5.24. The molecule has 0 amide bonds. The Hall–Kier alpha value is -1.45. The van der Waals surface area contributed by atoms with Crippen LogP contribution in [0.5, 0.6) is 0 Å². The van der Waals surface area contributed by atoms with Crippen molar-refractivity contribution >= 4 is 5.97 Å². The van der Waals surface area contributed by atoms with E-state index in [1.54, 1.807) is 0 Å². The number of carboxylic acids is 1. The SMILES string of the molecule is CCCCC(C(=O)O)c1ccc(F)c(F)c1. The molecule has 88 valence electrons. The van der Waals surface area contributed by atoms with Crippen LogP contribution in [-0.4, -0.2) is 11.1 Å². The lowest BCUT2D eigenvalue weighted by molar-refractivity contribution is -0.139. The van der Waals surface area contributed by atoms with Crippen molar-refractivity contribution in [3.63, 3.8) is 0 Å². The summed E-state index contributed by atoms with van der Waals surface area (Å²) < 4.78 is 25.7. The molecule has 0 saturated carbocycles. The molecule has 1 atom stereocenters. The fourth-order valence-corrected chi connectivity index (χ4v) is 1.57. The molecule has 1 rings (SSSR count). The van der Waals surface area contributed by atoms with E-state index in [4.69, 9.17) is 5.11 Å². The lowest BCUT2D eigenvalue weighted by atomic mass is 9.93. The Kier molecular flexibility index (Phi) is 4.40. The molecule has 16 heavy (non-hydrogen) atoms. The van der Waals surface area contributed by atoms with Gasteiger partial charge in [0.2, 0.25) is 0 Å². The number of benzene rings is 1.